The highest BCUT2D eigenvalue weighted by molar-refractivity contribution is 7.99. The Labute approximate surface area is 102 Å². The van der Waals surface area contributed by atoms with Gasteiger partial charge < -0.3 is 5.32 Å². The Kier molecular flexibility index (Phi) is 2.95. The second-order valence-corrected chi connectivity index (χ2v) is 6.16. The maximum atomic E-state index is 3.90. The minimum Gasteiger partial charge on any atom is -0.304 e. The van der Waals surface area contributed by atoms with Crippen molar-refractivity contribution in [3.05, 3.63) is 35.9 Å². The lowest BCUT2D eigenvalue weighted by Crippen LogP contribution is -2.41. The smallest absolute Gasteiger partial charge is 0.0438 e. The third kappa shape index (κ3) is 2.14. The summed E-state index contributed by atoms with van der Waals surface area (Å²) in [4.78, 5) is 0. The van der Waals surface area contributed by atoms with Crippen molar-refractivity contribution in [3.8, 4) is 0 Å². The molecule has 1 nitrogen and oxygen atoms in total. The van der Waals surface area contributed by atoms with Crippen molar-refractivity contribution in [2.75, 3.05) is 11.5 Å². The van der Waals surface area contributed by atoms with E-state index in [1.807, 2.05) is 0 Å². The zero-order chi connectivity index (χ0) is 10.8. The molecule has 0 unspecified atom stereocenters. The van der Waals surface area contributed by atoms with E-state index in [1.54, 1.807) is 0 Å². The Morgan fingerprint density at radius 1 is 1.19 bits per heavy atom. The van der Waals surface area contributed by atoms with Gasteiger partial charge in [-0.2, -0.15) is 11.8 Å². The molecule has 3 rings (SSSR count). The molecule has 1 heterocycles. The molecule has 1 aromatic carbocycles. The van der Waals surface area contributed by atoms with Crippen LogP contribution in [0.3, 0.4) is 0 Å². The fourth-order valence-corrected chi connectivity index (χ4v) is 3.72. The molecule has 1 atom stereocenters. The number of rotatable bonds is 3. The lowest BCUT2D eigenvalue weighted by Gasteiger charge is -2.28. The monoisotopic (exact) mass is 233 g/mol. The molecule has 86 valence electrons. The Morgan fingerprint density at radius 3 is 2.62 bits per heavy atom. The van der Waals surface area contributed by atoms with Crippen LogP contribution in [0.5, 0.6) is 0 Å². The molecular formula is C14H19NS. The molecule has 0 spiro atoms. The molecule has 1 saturated carbocycles. The highest BCUT2D eigenvalue weighted by atomic mass is 32.2. The van der Waals surface area contributed by atoms with Gasteiger partial charge in [-0.3, -0.25) is 0 Å². The predicted molar refractivity (Wildman–Crippen MR) is 70.8 cm³/mol. The van der Waals surface area contributed by atoms with E-state index in [1.165, 1.54) is 42.8 Å². The van der Waals surface area contributed by atoms with E-state index < -0.39 is 0 Å². The third-order valence-electron chi connectivity index (χ3n) is 3.72. The Bertz CT molecular complexity index is 339. The summed E-state index contributed by atoms with van der Waals surface area (Å²) in [5.41, 5.74) is 1.83. The summed E-state index contributed by atoms with van der Waals surface area (Å²) in [7, 11) is 0. The lowest BCUT2D eigenvalue weighted by atomic mass is 10.0. The average molecular weight is 233 g/mol. The molecular weight excluding hydrogens is 214 g/mol. The minimum absolute atomic E-state index is 0.337. The van der Waals surface area contributed by atoms with Crippen LogP contribution in [-0.2, 0) is 5.54 Å². The van der Waals surface area contributed by atoms with E-state index in [0.717, 1.165) is 6.04 Å². The average Bonchev–Trinajstić information content (AvgIpc) is 3.13. The summed E-state index contributed by atoms with van der Waals surface area (Å²) >= 11 is 2.10. The van der Waals surface area contributed by atoms with Gasteiger partial charge in [-0.1, -0.05) is 30.3 Å². The highest BCUT2D eigenvalue weighted by Gasteiger charge is 2.45. The number of nitrogens with one attached hydrogen (secondary N) is 1. The first-order valence-corrected chi connectivity index (χ1v) is 7.46. The van der Waals surface area contributed by atoms with Crippen molar-refractivity contribution >= 4 is 11.8 Å². The normalized spacial score (nSPS) is 27.6. The molecule has 1 aliphatic heterocycles. The van der Waals surface area contributed by atoms with Crippen LogP contribution in [0, 0.1) is 0 Å². The Hall–Kier alpha value is -0.470. The molecule has 2 fully saturated rings. The third-order valence-corrected chi connectivity index (χ3v) is 4.93. The van der Waals surface area contributed by atoms with Crippen molar-refractivity contribution in [2.45, 2.75) is 37.3 Å². The number of thioether (sulfide) groups is 1. The summed E-state index contributed by atoms with van der Waals surface area (Å²) < 4.78 is 0. The van der Waals surface area contributed by atoms with E-state index in [-0.39, 0.29) is 0 Å². The summed E-state index contributed by atoms with van der Waals surface area (Å²) in [6, 6.07) is 11.7. The van der Waals surface area contributed by atoms with Crippen molar-refractivity contribution in [1.82, 2.24) is 5.32 Å². The van der Waals surface area contributed by atoms with E-state index >= 15 is 0 Å². The Morgan fingerprint density at radius 2 is 2.00 bits per heavy atom. The van der Waals surface area contributed by atoms with Crippen molar-refractivity contribution < 1.29 is 0 Å². The second kappa shape index (κ2) is 4.42. The molecule has 2 heteroatoms. The van der Waals surface area contributed by atoms with Gasteiger partial charge in [0.15, 0.2) is 0 Å². The molecule has 0 bridgehead atoms. The summed E-state index contributed by atoms with van der Waals surface area (Å²) in [6.07, 6.45) is 5.38. The highest BCUT2D eigenvalue weighted by Crippen LogP contribution is 2.46. The first-order chi connectivity index (χ1) is 7.89. The molecule has 1 aliphatic carbocycles. The molecule has 16 heavy (non-hydrogen) atoms. The van der Waals surface area contributed by atoms with Crippen LogP contribution in [0.25, 0.3) is 0 Å². The van der Waals surface area contributed by atoms with Gasteiger partial charge in [0.25, 0.3) is 0 Å². The molecule has 0 aromatic heterocycles. The van der Waals surface area contributed by atoms with Crippen LogP contribution < -0.4 is 5.32 Å². The van der Waals surface area contributed by atoms with Crippen LogP contribution in [0.15, 0.2) is 30.3 Å². The van der Waals surface area contributed by atoms with E-state index in [0.29, 0.717) is 5.54 Å². The number of hydrogen-bond acceptors (Lipinski definition) is 2. The summed E-state index contributed by atoms with van der Waals surface area (Å²) in [5.74, 6) is 2.66. The maximum absolute atomic E-state index is 3.90. The van der Waals surface area contributed by atoms with Crippen molar-refractivity contribution in [3.63, 3.8) is 0 Å². The SMILES string of the molecule is c1ccc(C2(N[C@H]3CCCSC3)CC2)cc1. The summed E-state index contributed by atoms with van der Waals surface area (Å²) in [5, 5.41) is 3.90. The standard InChI is InChI=1S/C14H19NS/c1-2-5-12(6-3-1)14(8-9-14)15-13-7-4-10-16-11-13/h1-3,5-6,13,15H,4,7-11H2/t13-/m0/s1. The first kappa shape index (κ1) is 10.7. The summed E-state index contributed by atoms with van der Waals surface area (Å²) in [6.45, 7) is 0. The van der Waals surface area contributed by atoms with E-state index in [4.69, 9.17) is 0 Å². The molecule has 1 aromatic rings. The van der Waals surface area contributed by atoms with Gasteiger partial charge in [0, 0.05) is 17.3 Å². The molecule has 2 aliphatic rings. The van der Waals surface area contributed by atoms with Gasteiger partial charge >= 0.3 is 0 Å². The van der Waals surface area contributed by atoms with Crippen molar-refractivity contribution in [2.24, 2.45) is 0 Å². The van der Waals surface area contributed by atoms with Crippen LogP contribution in [-0.4, -0.2) is 17.5 Å². The lowest BCUT2D eigenvalue weighted by molar-refractivity contribution is 0.418. The van der Waals surface area contributed by atoms with Crippen LogP contribution in [0.4, 0.5) is 0 Å². The van der Waals surface area contributed by atoms with Crippen LogP contribution in [0.1, 0.15) is 31.2 Å². The number of benzene rings is 1. The predicted octanol–water partition coefficient (Wildman–Crippen LogP) is 3.16. The van der Waals surface area contributed by atoms with Crippen molar-refractivity contribution in [1.29, 1.82) is 0 Å². The van der Waals surface area contributed by atoms with Gasteiger partial charge in [0.2, 0.25) is 0 Å². The van der Waals surface area contributed by atoms with Crippen LogP contribution >= 0.6 is 11.8 Å². The molecule has 1 N–H and O–H groups in total. The topological polar surface area (TPSA) is 12.0 Å². The van der Waals surface area contributed by atoms with Gasteiger partial charge in [0.1, 0.15) is 0 Å². The van der Waals surface area contributed by atoms with Crippen LogP contribution in [0.2, 0.25) is 0 Å². The Balaban J connectivity index is 1.69. The van der Waals surface area contributed by atoms with Gasteiger partial charge in [0.05, 0.1) is 0 Å². The zero-order valence-electron chi connectivity index (χ0n) is 9.61. The van der Waals surface area contributed by atoms with Gasteiger partial charge in [-0.25, -0.2) is 0 Å². The first-order valence-electron chi connectivity index (χ1n) is 6.30. The zero-order valence-corrected chi connectivity index (χ0v) is 10.4. The fraction of sp³-hybridized carbons (Fsp3) is 0.571. The van der Waals surface area contributed by atoms with E-state index in [2.05, 4.69) is 47.4 Å². The molecule has 0 amide bonds. The molecule has 1 saturated heterocycles. The number of hydrogen-bond donors (Lipinski definition) is 1. The largest absolute Gasteiger partial charge is 0.304 e. The quantitative estimate of drug-likeness (QED) is 0.860. The van der Waals surface area contributed by atoms with Gasteiger partial charge in [-0.15, -0.1) is 0 Å². The van der Waals surface area contributed by atoms with Gasteiger partial charge in [-0.05, 0) is 37.0 Å². The fourth-order valence-electron chi connectivity index (χ4n) is 2.64. The second-order valence-electron chi connectivity index (χ2n) is 5.01. The minimum atomic E-state index is 0.337. The maximum Gasteiger partial charge on any atom is 0.0438 e. The molecule has 0 radical (unpaired) electrons. The van der Waals surface area contributed by atoms with E-state index in [9.17, 15) is 0 Å².